The molecule has 0 radical (unpaired) electrons. The van der Waals surface area contributed by atoms with Crippen LogP contribution in [0.4, 0.5) is 5.82 Å². The minimum absolute atomic E-state index is 0.336. The van der Waals surface area contributed by atoms with Gasteiger partial charge >= 0.3 is 0 Å². The lowest BCUT2D eigenvalue weighted by Gasteiger charge is -2.35. The molecule has 8 heteroatoms. The van der Waals surface area contributed by atoms with Crippen LogP contribution in [0, 0.1) is 6.92 Å². The maximum absolute atomic E-state index is 12.8. The number of fused-ring (bicyclic) bond motifs is 1. The van der Waals surface area contributed by atoms with Crippen LogP contribution in [0.25, 0.3) is 10.9 Å². The van der Waals surface area contributed by atoms with Crippen LogP contribution in [0.2, 0.25) is 0 Å². The summed E-state index contributed by atoms with van der Waals surface area (Å²) in [5.74, 6) is 1.52. The fourth-order valence-electron chi connectivity index (χ4n) is 3.20. The molecule has 0 N–H and O–H groups in total. The summed E-state index contributed by atoms with van der Waals surface area (Å²) >= 11 is 0. The third-order valence-electron chi connectivity index (χ3n) is 4.51. The van der Waals surface area contributed by atoms with Crippen molar-refractivity contribution in [2.75, 3.05) is 31.1 Å². The molecule has 26 heavy (non-hydrogen) atoms. The van der Waals surface area contributed by atoms with Gasteiger partial charge in [0.2, 0.25) is 10.0 Å². The standard InChI is InChI=1S/C18H19N5O2S/c1-14-20-17-13-19-8-7-16(17)18(21-14)22-9-11-23(12-10-22)26(24,25)15-5-3-2-4-6-15/h2-8,13H,9-12H2,1H3. The van der Waals surface area contributed by atoms with Crippen molar-refractivity contribution in [3.05, 3.63) is 54.6 Å². The first-order valence-electron chi connectivity index (χ1n) is 8.44. The van der Waals surface area contributed by atoms with Gasteiger partial charge < -0.3 is 4.90 Å². The molecule has 0 bridgehead atoms. The van der Waals surface area contributed by atoms with Crippen molar-refractivity contribution in [1.82, 2.24) is 19.3 Å². The van der Waals surface area contributed by atoms with Crippen molar-refractivity contribution in [2.45, 2.75) is 11.8 Å². The van der Waals surface area contributed by atoms with Crippen molar-refractivity contribution in [2.24, 2.45) is 0 Å². The van der Waals surface area contributed by atoms with E-state index in [1.54, 1.807) is 36.7 Å². The molecule has 0 spiro atoms. The Balaban J connectivity index is 1.58. The zero-order chi connectivity index (χ0) is 18.1. The van der Waals surface area contributed by atoms with Crippen LogP contribution in [0.15, 0.2) is 53.7 Å². The number of rotatable bonds is 3. The fourth-order valence-corrected chi connectivity index (χ4v) is 4.64. The van der Waals surface area contributed by atoms with E-state index in [2.05, 4.69) is 19.9 Å². The Kier molecular flexibility index (Phi) is 4.29. The van der Waals surface area contributed by atoms with Crippen LogP contribution in [-0.4, -0.2) is 53.9 Å². The minimum Gasteiger partial charge on any atom is -0.353 e. The third-order valence-corrected chi connectivity index (χ3v) is 6.42. The zero-order valence-corrected chi connectivity index (χ0v) is 15.2. The van der Waals surface area contributed by atoms with Gasteiger partial charge in [0.15, 0.2) is 0 Å². The van der Waals surface area contributed by atoms with E-state index in [-0.39, 0.29) is 0 Å². The Morgan fingerprint density at radius 1 is 0.962 bits per heavy atom. The highest BCUT2D eigenvalue weighted by atomic mass is 32.2. The molecular weight excluding hydrogens is 350 g/mol. The Labute approximate surface area is 152 Å². The van der Waals surface area contributed by atoms with Crippen molar-refractivity contribution < 1.29 is 8.42 Å². The van der Waals surface area contributed by atoms with Crippen molar-refractivity contribution >= 4 is 26.7 Å². The smallest absolute Gasteiger partial charge is 0.243 e. The van der Waals surface area contributed by atoms with E-state index in [0.717, 1.165) is 16.7 Å². The molecule has 1 aromatic carbocycles. The van der Waals surface area contributed by atoms with Gasteiger partial charge in [-0.2, -0.15) is 4.31 Å². The van der Waals surface area contributed by atoms with Gasteiger partial charge in [-0.05, 0) is 25.1 Å². The normalized spacial score (nSPS) is 16.1. The molecule has 1 fully saturated rings. The van der Waals surface area contributed by atoms with Crippen LogP contribution in [0.3, 0.4) is 0 Å². The van der Waals surface area contributed by atoms with E-state index < -0.39 is 10.0 Å². The summed E-state index contributed by atoms with van der Waals surface area (Å²) < 4.78 is 27.1. The quantitative estimate of drug-likeness (QED) is 0.701. The number of hydrogen-bond donors (Lipinski definition) is 0. The molecule has 134 valence electrons. The molecule has 0 saturated carbocycles. The zero-order valence-electron chi connectivity index (χ0n) is 14.4. The number of anilines is 1. The van der Waals surface area contributed by atoms with Crippen LogP contribution < -0.4 is 4.90 Å². The van der Waals surface area contributed by atoms with Gasteiger partial charge in [0.1, 0.15) is 11.6 Å². The predicted molar refractivity (Wildman–Crippen MR) is 99.5 cm³/mol. The van der Waals surface area contributed by atoms with Crippen LogP contribution >= 0.6 is 0 Å². The van der Waals surface area contributed by atoms with Crippen LogP contribution in [0.5, 0.6) is 0 Å². The summed E-state index contributed by atoms with van der Waals surface area (Å²) in [7, 11) is -3.45. The summed E-state index contributed by atoms with van der Waals surface area (Å²) in [4.78, 5) is 15.6. The molecule has 3 heterocycles. The number of aryl methyl sites for hydroxylation is 1. The molecule has 1 aliphatic rings. The number of sulfonamides is 1. The van der Waals surface area contributed by atoms with Crippen LogP contribution in [-0.2, 0) is 10.0 Å². The maximum atomic E-state index is 12.8. The highest BCUT2D eigenvalue weighted by Crippen LogP contribution is 2.25. The summed E-state index contributed by atoms with van der Waals surface area (Å²) in [5, 5.41) is 0.935. The second kappa shape index (κ2) is 6.62. The molecule has 3 aromatic rings. The first kappa shape index (κ1) is 16.9. The number of hydrogen-bond acceptors (Lipinski definition) is 6. The largest absolute Gasteiger partial charge is 0.353 e. The number of nitrogens with zero attached hydrogens (tertiary/aromatic N) is 5. The van der Waals surface area contributed by atoms with Gasteiger partial charge in [0, 0.05) is 37.8 Å². The van der Waals surface area contributed by atoms with E-state index >= 15 is 0 Å². The molecule has 0 unspecified atom stereocenters. The number of benzene rings is 1. The summed E-state index contributed by atoms with van der Waals surface area (Å²) in [5.41, 5.74) is 0.800. The number of piperazine rings is 1. The van der Waals surface area contributed by atoms with Gasteiger partial charge in [0.05, 0.1) is 16.6 Å². The lowest BCUT2D eigenvalue weighted by Crippen LogP contribution is -2.49. The van der Waals surface area contributed by atoms with Crippen molar-refractivity contribution in [3.63, 3.8) is 0 Å². The van der Waals surface area contributed by atoms with Crippen molar-refractivity contribution in [1.29, 1.82) is 0 Å². The topological polar surface area (TPSA) is 79.3 Å². The molecule has 7 nitrogen and oxygen atoms in total. The Hall–Kier alpha value is -2.58. The molecule has 0 aliphatic carbocycles. The maximum Gasteiger partial charge on any atom is 0.243 e. The van der Waals surface area contributed by atoms with Gasteiger partial charge in [-0.25, -0.2) is 18.4 Å². The molecule has 0 atom stereocenters. The second-order valence-electron chi connectivity index (χ2n) is 6.19. The van der Waals surface area contributed by atoms with Gasteiger partial charge in [-0.15, -0.1) is 0 Å². The van der Waals surface area contributed by atoms with E-state index in [1.165, 1.54) is 4.31 Å². The van der Waals surface area contributed by atoms with E-state index in [9.17, 15) is 8.42 Å². The lowest BCUT2D eigenvalue weighted by atomic mass is 10.2. The molecule has 1 saturated heterocycles. The van der Waals surface area contributed by atoms with E-state index in [0.29, 0.717) is 36.9 Å². The SMILES string of the molecule is Cc1nc(N2CCN(S(=O)(=O)c3ccccc3)CC2)c2ccncc2n1. The molecule has 2 aromatic heterocycles. The highest BCUT2D eigenvalue weighted by molar-refractivity contribution is 7.89. The summed E-state index contributed by atoms with van der Waals surface area (Å²) in [6.45, 7) is 3.87. The Morgan fingerprint density at radius 3 is 2.42 bits per heavy atom. The number of aromatic nitrogens is 3. The van der Waals surface area contributed by atoms with Gasteiger partial charge in [-0.3, -0.25) is 4.98 Å². The first-order chi connectivity index (χ1) is 12.6. The van der Waals surface area contributed by atoms with Crippen LogP contribution in [0.1, 0.15) is 5.82 Å². The fraction of sp³-hybridized carbons (Fsp3) is 0.278. The third kappa shape index (κ3) is 3.02. The molecule has 1 aliphatic heterocycles. The molecule has 4 rings (SSSR count). The first-order valence-corrected chi connectivity index (χ1v) is 9.88. The average Bonchev–Trinajstić information content (AvgIpc) is 2.68. The molecular formula is C18H19N5O2S. The Bertz CT molecular complexity index is 1030. The number of pyridine rings is 1. The summed E-state index contributed by atoms with van der Waals surface area (Å²) in [6.07, 6.45) is 3.45. The van der Waals surface area contributed by atoms with Gasteiger partial charge in [0.25, 0.3) is 0 Å². The highest BCUT2D eigenvalue weighted by Gasteiger charge is 2.29. The van der Waals surface area contributed by atoms with E-state index in [4.69, 9.17) is 0 Å². The van der Waals surface area contributed by atoms with E-state index in [1.807, 2.05) is 19.1 Å². The molecule has 0 amide bonds. The monoisotopic (exact) mass is 369 g/mol. The second-order valence-corrected chi connectivity index (χ2v) is 8.13. The Morgan fingerprint density at radius 2 is 1.69 bits per heavy atom. The lowest BCUT2D eigenvalue weighted by molar-refractivity contribution is 0.384. The minimum atomic E-state index is -3.45. The summed E-state index contributed by atoms with van der Waals surface area (Å²) in [6, 6.07) is 10.5. The van der Waals surface area contributed by atoms with Gasteiger partial charge in [-0.1, -0.05) is 18.2 Å². The average molecular weight is 369 g/mol. The predicted octanol–water partition coefficient (Wildman–Crippen LogP) is 1.84. The van der Waals surface area contributed by atoms with Crippen molar-refractivity contribution in [3.8, 4) is 0 Å².